The smallest absolute Gasteiger partial charge is 0.261 e. The van der Waals surface area contributed by atoms with Gasteiger partial charge in [0.2, 0.25) is 0 Å². The Bertz CT molecular complexity index is 743. The molecule has 21 heavy (non-hydrogen) atoms. The Morgan fingerprint density at radius 2 is 1.95 bits per heavy atom. The van der Waals surface area contributed by atoms with Crippen LogP contribution in [0.15, 0.2) is 30.3 Å². The number of benzene rings is 2. The van der Waals surface area contributed by atoms with Crippen molar-refractivity contribution in [1.82, 2.24) is 0 Å². The summed E-state index contributed by atoms with van der Waals surface area (Å²) in [5.41, 5.74) is 8.18. The van der Waals surface area contributed by atoms with Crippen molar-refractivity contribution in [3.63, 3.8) is 0 Å². The average Bonchev–Trinajstić information content (AvgIpc) is 2.85. The molecule has 0 radical (unpaired) electrons. The van der Waals surface area contributed by atoms with Crippen LogP contribution in [0.5, 0.6) is 0 Å². The third-order valence-electron chi connectivity index (χ3n) is 3.72. The molecule has 2 aromatic rings. The highest BCUT2D eigenvalue weighted by Gasteiger charge is 2.27. The largest absolute Gasteiger partial charge is 0.399 e. The summed E-state index contributed by atoms with van der Waals surface area (Å²) in [7, 11) is 0. The second-order valence-corrected chi connectivity index (χ2v) is 5.18. The molecule has 3 rings (SSSR count). The second-order valence-electron chi connectivity index (χ2n) is 5.18. The van der Waals surface area contributed by atoms with Crippen LogP contribution in [-0.4, -0.2) is 12.5 Å². The summed E-state index contributed by atoms with van der Waals surface area (Å²) >= 11 is 0. The number of aryl methyl sites for hydroxylation is 1. The molecule has 0 unspecified atom stereocenters. The van der Waals surface area contributed by atoms with E-state index in [2.05, 4.69) is 0 Å². The predicted molar refractivity (Wildman–Crippen MR) is 77.3 cm³/mol. The first kappa shape index (κ1) is 13.5. The number of carbonyl (C=O) groups excluding carboxylic acids is 1. The molecule has 0 spiro atoms. The maximum Gasteiger partial charge on any atom is 0.261 e. The molecule has 0 bridgehead atoms. The lowest BCUT2D eigenvalue weighted by Gasteiger charge is -2.18. The number of nitrogens with two attached hydrogens (primary N) is 1. The number of hydrogen-bond acceptors (Lipinski definition) is 2. The topological polar surface area (TPSA) is 46.3 Å². The highest BCUT2D eigenvalue weighted by atomic mass is 19.1. The maximum atomic E-state index is 13.9. The van der Waals surface area contributed by atoms with Gasteiger partial charge in [-0.2, -0.15) is 0 Å². The lowest BCUT2D eigenvalue weighted by Crippen LogP contribution is -2.29. The first-order valence-electron chi connectivity index (χ1n) is 6.63. The predicted octanol–water partition coefficient (Wildman–Crippen LogP) is 3.06. The lowest BCUT2D eigenvalue weighted by molar-refractivity contribution is 0.0985. The number of rotatable bonds is 1. The minimum atomic E-state index is -0.841. The summed E-state index contributed by atoms with van der Waals surface area (Å²) < 4.78 is 27.2. The second kappa shape index (κ2) is 4.84. The van der Waals surface area contributed by atoms with Crippen LogP contribution < -0.4 is 10.6 Å². The minimum Gasteiger partial charge on any atom is -0.399 e. The van der Waals surface area contributed by atoms with Gasteiger partial charge in [0.05, 0.1) is 5.56 Å². The zero-order chi connectivity index (χ0) is 15.1. The van der Waals surface area contributed by atoms with Gasteiger partial charge in [-0.3, -0.25) is 4.79 Å². The van der Waals surface area contributed by atoms with Gasteiger partial charge in [0, 0.05) is 24.0 Å². The zero-order valence-corrected chi connectivity index (χ0v) is 11.5. The SMILES string of the molecule is Cc1cc(C(=O)N2CCc3cc(N)ccc32)c(F)cc1F. The average molecular weight is 288 g/mol. The molecule has 1 amide bonds. The van der Waals surface area contributed by atoms with E-state index in [4.69, 9.17) is 5.73 Å². The van der Waals surface area contributed by atoms with Gasteiger partial charge in [0.25, 0.3) is 5.91 Å². The summed E-state index contributed by atoms with van der Waals surface area (Å²) in [5.74, 6) is -1.95. The van der Waals surface area contributed by atoms with Gasteiger partial charge in [-0.05, 0) is 48.7 Å². The van der Waals surface area contributed by atoms with Crippen LogP contribution in [0.1, 0.15) is 21.5 Å². The van der Waals surface area contributed by atoms with Gasteiger partial charge in [0.1, 0.15) is 11.6 Å². The van der Waals surface area contributed by atoms with E-state index in [-0.39, 0.29) is 11.1 Å². The van der Waals surface area contributed by atoms with Gasteiger partial charge < -0.3 is 10.6 Å². The monoisotopic (exact) mass is 288 g/mol. The highest BCUT2D eigenvalue weighted by molar-refractivity contribution is 6.07. The summed E-state index contributed by atoms with van der Waals surface area (Å²) in [6, 6.07) is 7.28. The first-order valence-corrected chi connectivity index (χ1v) is 6.63. The van der Waals surface area contributed by atoms with E-state index in [1.165, 1.54) is 17.9 Å². The number of fused-ring (bicyclic) bond motifs is 1. The van der Waals surface area contributed by atoms with Crippen LogP contribution in [0.3, 0.4) is 0 Å². The van der Waals surface area contributed by atoms with Crippen molar-refractivity contribution < 1.29 is 13.6 Å². The van der Waals surface area contributed by atoms with Crippen LogP contribution >= 0.6 is 0 Å². The van der Waals surface area contributed by atoms with Crippen LogP contribution in [0.2, 0.25) is 0 Å². The van der Waals surface area contributed by atoms with Crippen molar-refractivity contribution >= 4 is 17.3 Å². The molecule has 108 valence electrons. The zero-order valence-electron chi connectivity index (χ0n) is 11.5. The fraction of sp³-hybridized carbons (Fsp3) is 0.188. The van der Waals surface area contributed by atoms with Crippen molar-refractivity contribution in [2.75, 3.05) is 17.2 Å². The number of amides is 1. The van der Waals surface area contributed by atoms with Gasteiger partial charge in [0.15, 0.2) is 0 Å². The molecule has 3 nitrogen and oxygen atoms in total. The number of carbonyl (C=O) groups is 1. The Morgan fingerprint density at radius 3 is 2.71 bits per heavy atom. The van der Waals surface area contributed by atoms with E-state index in [9.17, 15) is 13.6 Å². The summed E-state index contributed by atoms with van der Waals surface area (Å²) in [6.07, 6.45) is 0.675. The molecule has 1 heterocycles. The van der Waals surface area contributed by atoms with Crippen LogP contribution in [0.25, 0.3) is 0 Å². The highest BCUT2D eigenvalue weighted by Crippen LogP contribution is 2.31. The van der Waals surface area contributed by atoms with Gasteiger partial charge in [-0.15, -0.1) is 0 Å². The molecule has 1 aliphatic rings. The van der Waals surface area contributed by atoms with Crippen molar-refractivity contribution in [3.05, 3.63) is 58.7 Å². The molecule has 0 atom stereocenters. The molecule has 0 saturated carbocycles. The van der Waals surface area contributed by atoms with E-state index < -0.39 is 17.5 Å². The van der Waals surface area contributed by atoms with Gasteiger partial charge in [-0.1, -0.05) is 0 Å². The molecule has 5 heteroatoms. The third kappa shape index (κ3) is 2.24. The molecular weight excluding hydrogens is 274 g/mol. The van der Waals surface area contributed by atoms with E-state index in [0.29, 0.717) is 18.7 Å². The van der Waals surface area contributed by atoms with Gasteiger partial charge in [-0.25, -0.2) is 8.78 Å². The molecule has 0 saturated heterocycles. The fourth-order valence-electron chi connectivity index (χ4n) is 2.60. The Labute approximate surface area is 121 Å². The van der Waals surface area contributed by atoms with E-state index in [0.717, 1.165) is 17.3 Å². The number of nitrogen functional groups attached to an aromatic ring is 1. The normalized spacial score (nSPS) is 13.4. The lowest BCUT2D eigenvalue weighted by atomic mass is 10.1. The van der Waals surface area contributed by atoms with Gasteiger partial charge >= 0.3 is 0 Å². The Morgan fingerprint density at radius 1 is 1.19 bits per heavy atom. The summed E-state index contributed by atoms with van der Waals surface area (Å²) in [4.78, 5) is 14.0. The first-order chi connectivity index (χ1) is 9.97. The quantitative estimate of drug-likeness (QED) is 0.820. The number of halogens is 2. The van der Waals surface area contributed by atoms with Crippen molar-refractivity contribution in [2.24, 2.45) is 0 Å². The molecule has 2 N–H and O–H groups in total. The third-order valence-corrected chi connectivity index (χ3v) is 3.72. The Hall–Kier alpha value is -2.43. The van der Waals surface area contributed by atoms with Crippen LogP contribution in [0.4, 0.5) is 20.2 Å². The molecular formula is C16H14F2N2O. The van der Waals surface area contributed by atoms with E-state index in [1.54, 1.807) is 12.1 Å². The van der Waals surface area contributed by atoms with E-state index >= 15 is 0 Å². The Balaban J connectivity index is 2.00. The van der Waals surface area contributed by atoms with E-state index in [1.807, 2.05) is 6.07 Å². The fourth-order valence-corrected chi connectivity index (χ4v) is 2.60. The summed E-state index contributed by atoms with van der Waals surface area (Å²) in [6.45, 7) is 1.97. The molecule has 0 aliphatic carbocycles. The van der Waals surface area contributed by atoms with Crippen molar-refractivity contribution in [2.45, 2.75) is 13.3 Å². The van der Waals surface area contributed by atoms with Crippen molar-refractivity contribution in [3.8, 4) is 0 Å². The number of hydrogen-bond donors (Lipinski definition) is 1. The maximum absolute atomic E-state index is 13.9. The van der Waals surface area contributed by atoms with Crippen LogP contribution in [0, 0.1) is 18.6 Å². The number of nitrogens with zero attached hydrogens (tertiary/aromatic N) is 1. The molecule has 0 aromatic heterocycles. The standard InChI is InChI=1S/C16H14F2N2O/c1-9-6-12(14(18)8-13(9)17)16(21)20-5-4-10-7-11(19)2-3-15(10)20/h2-3,6-8H,4-5,19H2,1H3. The number of anilines is 2. The molecule has 1 aliphatic heterocycles. The molecule has 2 aromatic carbocycles. The van der Waals surface area contributed by atoms with Crippen molar-refractivity contribution in [1.29, 1.82) is 0 Å². The molecule has 0 fully saturated rings. The Kier molecular flexibility index (Phi) is 3.12. The van der Waals surface area contributed by atoms with Crippen LogP contribution in [-0.2, 0) is 6.42 Å². The minimum absolute atomic E-state index is 0.112. The summed E-state index contributed by atoms with van der Waals surface area (Å²) in [5, 5.41) is 0.